The highest BCUT2D eigenvalue weighted by molar-refractivity contribution is 5.74. The fraction of sp³-hybridized carbons (Fsp3) is 0.500. The van der Waals surface area contributed by atoms with E-state index in [0.717, 1.165) is 6.07 Å². The van der Waals surface area contributed by atoms with E-state index in [9.17, 15) is 23.3 Å². The van der Waals surface area contributed by atoms with Gasteiger partial charge in [-0.05, 0) is 30.9 Å². The number of nitrogens with zero attached hydrogens (tertiary/aromatic N) is 2. The number of alkyl halides is 2. The summed E-state index contributed by atoms with van der Waals surface area (Å²) in [5.74, 6) is -1.62. The number of rotatable bonds is 3. The number of aliphatic imine (C=N–C) groups is 1. The van der Waals surface area contributed by atoms with Crippen molar-refractivity contribution < 1.29 is 22.8 Å². The zero-order chi connectivity index (χ0) is 16.9. The van der Waals surface area contributed by atoms with E-state index in [2.05, 4.69) is 4.99 Å². The lowest BCUT2D eigenvalue weighted by molar-refractivity contribution is -0.385. The first kappa shape index (κ1) is 15.6. The SMILES string of the molecule is Cc1c(F)cc([N+](=O)[O-])cc1[C@@]1(C(F)F)N=C(N)O[C@@H]2CC[C@@H]21. The lowest BCUT2D eigenvalue weighted by Gasteiger charge is -2.50. The van der Waals surface area contributed by atoms with E-state index >= 15 is 0 Å². The molecule has 1 heterocycles. The van der Waals surface area contributed by atoms with Crippen LogP contribution in [-0.2, 0) is 10.3 Å². The normalized spacial score (nSPS) is 29.3. The number of fused-ring (bicyclic) bond motifs is 1. The van der Waals surface area contributed by atoms with Crippen LogP contribution in [0.5, 0.6) is 0 Å². The molecule has 124 valence electrons. The van der Waals surface area contributed by atoms with Crippen molar-refractivity contribution in [1.82, 2.24) is 0 Å². The summed E-state index contributed by atoms with van der Waals surface area (Å²) in [6.45, 7) is 1.30. The van der Waals surface area contributed by atoms with Gasteiger partial charge in [0.05, 0.1) is 11.0 Å². The van der Waals surface area contributed by atoms with E-state index in [0.29, 0.717) is 18.9 Å². The van der Waals surface area contributed by atoms with Gasteiger partial charge in [-0.25, -0.2) is 18.2 Å². The number of benzene rings is 1. The van der Waals surface area contributed by atoms with E-state index < -0.39 is 46.4 Å². The molecule has 0 saturated heterocycles. The van der Waals surface area contributed by atoms with Crippen LogP contribution in [0.4, 0.5) is 18.9 Å². The Bertz CT molecular complexity index is 710. The number of halogens is 3. The van der Waals surface area contributed by atoms with Crippen LogP contribution in [0.15, 0.2) is 17.1 Å². The van der Waals surface area contributed by atoms with Crippen LogP contribution in [0.25, 0.3) is 0 Å². The van der Waals surface area contributed by atoms with Gasteiger partial charge in [0.2, 0.25) is 0 Å². The highest BCUT2D eigenvalue weighted by Gasteiger charge is 2.59. The Kier molecular flexibility index (Phi) is 3.46. The third-order valence-electron chi connectivity index (χ3n) is 4.65. The van der Waals surface area contributed by atoms with Crippen LogP contribution in [0, 0.1) is 28.8 Å². The maximum atomic E-state index is 14.1. The maximum Gasteiger partial charge on any atom is 0.283 e. The Morgan fingerprint density at radius 2 is 2.17 bits per heavy atom. The molecule has 2 N–H and O–H groups in total. The number of nitro benzene ring substituents is 1. The van der Waals surface area contributed by atoms with Crippen molar-refractivity contribution in [3.05, 3.63) is 39.2 Å². The average molecular weight is 329 g/mol. The van der Waals surface area contributed by atoms with Crippen molar-refractivity contribution >= 4 is 11.7 Å². The third kappa shape index (κ3) is 2.13. The van der Waals surface area contributed by atoms with Gasteiger partial charge in [-0.1, -0.05) is 0 Å². The van der Waals surface area contributed by atoms with Gasteiger partial charge in [0.15, 0.2) is 5.54 Å². The molecule has 0 amide bonds. The van der Waals surface area contributed by atoms with Crippen molar-refractivity contribution in [2.75, 3.05) is 0 Å². The molecule has 1 saturated carbocycles. The van der Waals surface area contributed by atoms with Crippen LogP contribution in [0.1, 0.15) is 24.0 Å². The minimum atomic E-state index is -3.00. The van der Waals surface area contributed by atoms with E-state index in [4.69, 9.17) is 10.5 Å². The Hall–Kier alpha value is -2.32. The van der Waals surface area contributed by atoms with Crippen LogP contribution >= 0.6 is 0 Å². The van der Waals surface area contributed by atoms with E-state index in [1.54, 1.807) is 0 Å². The molecule has 1 fully saturated rings. The predicted octanol–water partition coefficient (Wildman–Crippen LogP) is 2.63. The molecule has 9 heteroatoms. The van der Waals surface area contributed by atoms with E-state index in [1.807, 2.05) is 0 Å². The minimum absolute atomic E-state index is 0.0972. The molecule has 0 aromatic heterocycles. The molecule has 1 aromatic rings. The first-order valence-corrected chi connectivity index (χ1v) is 7.02. The summed E-state index contributed by atoms with van der Waals surface area (Å²) >= 11 is 0. The first-order valence-electron chi connectivity index (χ1n) is 7.02. The largest absolute Gasteiger partial charge is 0.462 e. The monoisotopic (exact) mass is 329 g/mol. The van der Waals surface area contributed by atoms with Gasteiger partial charge in [-0.2, -0.15) is 0 Å². The third-order valence-corrected chi connectivity index (χ3v) is 4.65. The summed E-state index contributed by atoms with van der Waals surface area (Å²) in [6.07, 6.45) is -2.61. The molecule has 2 aliphatic rings. The molecule has 1 aliphatic heterocycles. The molecule has 23 heavy (non-hydrogen) atoms. The molecule has 1 aromatic carbocycles. The standard InChI is InChI=1S/C14H14F3N3O3/c1-6-9(4-7(20(21)22)5-10(6)15)14(12(16)17)8-2-3-11(8)23-13(18)19-14/h4-5,8,11-12H,2-3H2,1H3,(H2,18,19)/t8-,11+,14-/m0/s1. The maximum absolute atomic E-state index is 14.1. The lowest BCUT2D eigenvalue weighted by Crippen LogP contribution is -2.57. The van der Waals surface area contributed by atoms with Crippen molar-refractivity contribution in [3.63, 3.8) is 0 Å². The second kappa shape index (κ2) is 5.10. The number of hydrogen-bond donors (Lipinski definition) is 1. The van der Waals surface area contributed by atoms with Gasteiger partial charge in [0.25, 0.3) is 18.1 Å². The first-order chi connectivity index (χ1) is 10.8. The van der Waals surface area contributed by atoms with Gasteiger partial charge in [-0.15, -0.1) is 0 Å². The molecule has 6 nitrogen and oxygen atoms in total. The van der Waals surface area contributed by atoms with Crippen molar-refractivity contribution in [2.24, 2.45) is 16.6 Å². The molecule has 0 bridgehead atoms. The number of nitrogens with two attached hydrogens (primary N) is 1. The summed E-state index contributed by atoms with van der Waals surface area (Å²) in [5.41, 5.74) is 2.50. The highest BCUT2D eigenvalue weighted by Crippen LogP contribution is 2.53. The molecule has 1 aliphatic carbocycles. The molecule has 3 atom stereocenters. The quantitative estimate of drug-likeness (QED) is 0.682. The summed E-state index contributed by atoms with van der Waals surface area (Å²) in [5, 5.41) is 11.0. The number of non-ortho nitro benzene ring substituents is 1. The van der Waals surface area contributed by atoms with Gasteiger partial charge < -0.3 is 10.5 Å². The van der Waals surface area contributed by atoms with E-state index in [-0.39, 0.29) is 11.1 Å². The zero-order valence-corrected chi connectivity index (χ0v) is 12.1. The number of nitro groups is 1. The number of ether oxygens (including phenoxy) is 1. The Morgan fingerprint density at radius 1 is 1.48 bits per heavy atom. The summed E-state index contributed by atoms with van der Waals surface area (Å²) < 4.78 is 47.3. The predicted molar refractivity (Wildman–Crippen MR) is 74.7 cm³/mol. The molecule has 3 rings (SSSR count). The molecule has 0 radical (unpaired) electrons. The van der Waals surface area contributed by atoms with Crippen molar-refractivity contribution in [3.8, 4) is 0 Å². The van der Waals surface area contributed by atoms with E-state index in [1.165, 1.54) is 6.92 Å². The van der Waals surface area contributed by atoms with Crippen molar-refractivity contribution in [2.45, 2.75) is 37.8 Å². The van der Waals surface area contributed by atoms with Crippen LogP contribution in [0.3, 0.4) is 0 Å². The number of amidine groups is 1. The van der Waals surface area contributed by atoms with Gasteiger partial charge in [-0.3, -0.25) is 10.1 Å². The molecule has 0 unspecified atom stereocenters. The Morgan fingerprint density at radius 3 is 2.70 bits per heavy atom. The molecular weight excluding hydrogens is 315 g/mol. The molecule has 0 spiro atoms. The van der Waals surface area contributed by atoms with Gasteiger partial charge in [0.1, 0.15) is 11.9 Å². The van der Waals surface area contributed by atoms with Gasteiger partial charge >= 0.3 is 0 Å². The second-order valence-corrected chi connectivity index (χ2v) is 5.77. The van der Waals surface area contributed by atoms with Crippen molar-refractivity contribution in [1.29, 1.82) is 0 Å². The zero-order valence-electron chi connectivity index (χ0n) is 12.1. The van der Waals surface area contributed by atoms with Crippen LogP contribution in [0.2, 0.25) is 0 Å². The summed E-state index contributed by atoms with van der Waals surface area (Å²) in [7, 11) is 0. The lowest BCUT2D eigenvalue weighted by atomic mass is 9.64. The number of hydrogen-bond acceptors (Lipinski definition) is 5. The van der Waals surface area contributed by atoms with Gasteiger partial charge in [0, 0.05) is 12.0 Å². The van der Waals surface area contributed by atoms with Crippen LogP contribution < -0.4 is 5.73 Å². The Labute approximate surface area is 129 Å². The average Bonchev–Trinajstić information content (AvgIpc) is 2.44. The smallest absolute Gasteiger partial charge is 0.283 e. The summed E-state index contributed by atoms with van der Waals surface area (Å²) in [6, 6.07) is 1.27. The fourth-order valence-electron chi connectivity index (χ4n) is 3.33. The fourth-order valence-corrected chi connectivity index (χ4v) is 3.33. The summed E-state index contributed by atoms with van der Waals surface area (Å²) in [4.78, 5) is 13.9. The molecular formula is C14H14F3N3O3. The topological polar surface area (TPSA) is 90.8 Å². The Balaban J connectivity index is 2.28. The highest BCUT2D eigenvalue weighted by atomic mass is 19.3. The van der Waals surface area contributed by atoms with Crippen LogP contribution in [-0.4, -0.2) is 23.5 Å². The second-order valence-electron chi connectivity index (χ2n) is 5.77. The minimum Gasteiger partial charge on any atom is -0.462 e.